The van der Waals surface area contributed by atoms with E-state index in [2.05, 4.69) is 17.2 Å². The van der Waals surface area contributed by atoms with E-state index in [4.69, 9.17) is 16.0 Å². The lowest BCUT2D eigenvalue weighted by atomic mass is 10.1. The summed E-state index contributed by atoms with van der Waals surface area (Å²) in [5.74, 6) is 1.03. The molecule has 18 heavy (non-hydrogen) atoms. The van der Waals surface area contributed by atoms with E-state index >= 15 is 0 Å². The molecule has 0 aliphatic heterocycles. The highest BCUT2D eigenvalue weighted by Gasteiger charge is 2.05. The number of nitrogens with zero attached hydrogens (tertiary/aromatic N) is 1. The maximum atomic E-state index is 6.05. The Hall–Kier alpha value is -1.32. The Morgan fingerprint density at radius 1 is 1.44 bits per heavy atom. The van der Waals surface area contributed by atoms with Crippen LogP contribution in [0.3, 0.4) is 0 Å². The van der Waals surface area contributed by atoms with Gasteiger partial charge in [-0.05, 0) is 37.1 Å². The minimum Gasteiger partial charge on any atom is -0.469 e. The van der Waals surface area contributed by atoms with E-state index in [1.807, 2.05) is 18.2 Å². The molecule has 0 aliphatic carbocycles. The third-order valence-electron chi connectivity index (χ3n) is 2.90. The molecule has 0 fully saturated rings. The maximum Gasteiger partial charge on any atom is 0.103 e. The fourth-order valence-corrected chi connectivity index (χ4v) is 1.93. The molecule has 0 amide bonds. The Kier molecular flexibility index (Phi) is 4.79. The van der Waals surface area contributed by atoms with E-state index in [0.717, 1.165) is 30.7 Å². The second-order valence-electron chi connectivity index (χ2n) is 4.37. The van der Waals surface area contributed by atoms with Gasteiger partial charge in [-0.3, -0.25) is 4.98 Å². The monoisotopic (exact) mass is 264 g/mol. The van der Waals surface area contributed by atoms with Crippen LogP contribution < -0.4 is 5.32 Å². The SMILES string of the molecule is CC(CCc1ccco1)NCc1ccncc1Cl. The van der Waals surface area contributed by atoms with Gasteiger partial charge < -0.3 is 9.73 Å². The molecule has 1 N–H and O–H groups in total. The Labute approximate surface area is 112 Å². The lowest BCUT2D eigenvalue weighted by Gasteiger charge is -2.13. The van der Waals surface area contributed by atoms with Crippen LogP contribution in [0, 0.1) is 0 Å². The number of hydrogen-bond acceptors (Lipinski definition) is 3. The van der Waals surface area contributed by atoms with Crippen molar-refractivity contribution in [3.8, 4) is 0 Å². The van der Waals surface area contributed by atoms with Crippen molar-refractivity contribution >= 4 is 11.6 Å². The average Bonchev–Trinajstić information content (AvgIpc) is 2.88. The highest BCUT2D eigenvalue weighted by Crippen LogP contribution is 2.13. The first kappa shape index (κ1) is 13.1. The van der Waals surface area contributed by atoms with E-state index in [9.17, 15) is 0 Å². The molecule has 0 spiro atoms. The molecule has 0 saturated carbocycles. The van der Waals surface area contributed by atoms with Gasteiger partial charge in [-0.15, -0.1) is 0 Å². The van der Waals surface area contributed by atoms with Crippen LogP contribution in [0.15, 0.2) is 41.3 Å². The van der Waals surface area contributed by atoms with Crippen LogP contribution in [-0.4, -0.2) is 11.0 Å². The van der Waals surface area contributed by atoms with Gasteiger partial charge in [0.2, 0.25) is 0 Å². The second-order valence-corrected chi connectivity index (χ2v) is 4.77. The van der Waals surface area contributed by atoms with Crippen molar-refractivity contribution in [1.82, 2.24) is 10.3 Å². The molecule has 4 heteroatoms. The molecule has 1 atom stereocenters. The number of halogens is 1. The van der Waals surface area contributed by atoms with Gasteiger partial charge in [0.15, 0.2) is 0 Å². The lowest BCUT2D eigenvalue weighted by Crippen LogP contribution is -2.26. The van der Waals surface area contributed by atoms with Crippen LogP contribution in [0.5, 0.6) is 0 Å². The number of nitrogens with one attached hydrogen (secondary N) is 1. The molecule has 96 valence electrons. The highest BCUT2D eigenvalue weighted by atomic mass is 35.5. The van der Waals surface area contributed by atoms with Gasteiger partial charge in [0.1, 0.15) is 5.76 Å². The van der Waals surface area contributed by atoms with Crippen LogP contribution in [0.25, 0.3) is 0 Å². The smallest absolute Gasteiger partial charge is 0.103 e. The maximum absolute atomic E-state index is 6.05. The molecule has 2 rings (SSSR count). The first-order chi connectivity index (χ1) is 8.75. The van der Waals surface area contributed by atoms with Gasteiger partial charge >= 0.3 is 0 Å². The van der Waals surface area contributed by atoms with Crippen molar-refractivity contribution in [2.45, 2.75) is 32.4 Å². The van der Waals surface area contributed by atoms with Crippen LogP contribution in [0.4, 0.5) is 0 Å². The molecular weight excluding hydrogens is 248 g/mol. The summed E-state index contributed by atoms with van der Waals surface area (Å²) in [6.07, 6.45) is 7.13. The zero-order valence-corrected chi connectivity index (χ0v) is 11.2. The lowest BCUT2D eigenvalue weighted by molar-refractivity contribution is 0.460. The number of pyridine rings is 1. The molecule has 0 bridgehead atoms. The van der Waals surface area contributed by atoms with Gasteiger partial charge in [0.05, 0.1) is 11.3 Å². The van der Waals surface area contributed by atoms with Gasteiger partial charge in [0, 0.05) is 31.4 Å². The number of furan rings is 1. The van der Waals surface area contributed by atoms with Crippen molar-refractivity contribution in [1.29, 1.82) is 0 Å². The average molecular weight is 265 g/mol. The van der Waals surface area contributed by atoms with Crippen LogP contribution in [0.1, 0.15) is 24.7 Å². The summed E-state index contributed by atoms with van der Waals surface area (Å²) in [5, 5.41) is 4.16. The summed E-state index contributed by atoms with van der Waals surface area (Å²) in [6.45, 7) is 2.93. The molecule has 2 aromatic heterocycles. The van der Waals surface area contributed by atoms with Crippen molar-refractivity contribution < 1.29 is 4.42 Å². The number of aryl methyl sites for hydroxylation is 1. The molecule has 0 saturated heterocycles. The topological polar surface area (TPSA) is 38.1 Å². The highest BCUT2D eigenvalue weighted by molar-refractivity contribution is 6.31. The van der Waals surface area contributed by atoms with E-state index in [-0.39, 0.29) is 0 Å². The van der Waals surface area contributed by atoms with E-state index < -0.39 is 0 Å². The molecule has 1 unspecified atom stereocenters. The first-order valence-electron chi connectivity index (χ1n) is 6.10. The molecule has 2 aromatic rings. The van der Waals surface area contributed by atoms with Gasteiger partial charge in [-0.25, -0.2) is 0 Å². The first-order valence-corrected chi connectivity index (χ1v) is 6.47. The number of aromatic nitrogens is 1. The summed E-state index contributed by atoms with van der Waals surface area (Å²) in [6, 6.07) is 6.28. The minimum atomic E-state index is 0.416. The summed E-state index contributed by atoms with van der Waals surface area (Å²) in [7, 11) is 0. The minimum absolute atomic E-state index is 0.416. The fourth-order valence-electron chi connectivity index (χ4n) is 1.75. The standard InChI is InChI=1S/C14H17ClN2O/c1-11(4-5-13-3-2-8-18-13)17-9-12-6-7-16-10-14(12)15/h2-3,6-8,10-11,17H,4-5,9H2,1H3. The Morgan fingerprint density at radius 3 is 3.06 bits per heavy atom. The summed E-state index contributed by atoms with van der Waals surface area (Å²) in [5.41, 5.74) is 1.08. The fraction of sp³-hybridized carbons (Fsp3) is 0.357. The third kappa shape index (κ3) is 3.86. The molecule has 0 radical (unpaired) electrons. The van der Waals surface area contributed by atoms with E-state index in [0.29, 0.717) is 11.1 Å². The van der Waals surface area contributed by atoms with E-state index in [1.165, 1.54) is 0 Å². The van der Waals surface area contributed by atoms with Crippen LogP contribution >= 0.6 is 11.6 Å². The third-order valence-corrected chi connectivity index (χ3v) is 3.24. The molecular formula is C14H17ClN2O. The van der Waals surface area contributed by atoms with Gasteiger partial charge in [-0.2, -0.15) is 0 Å². The van der Waals surface area contributed by atoms with Crippen molar-refractivity contribution in [2.24, 2.45) is 0 Å². The van der Waals surface area contributed by atoms with E-state index in [1.54, 1.807) is 18.7 Å². The number of rotatable bonds is 6. The summed E-state index contributed by atoms with van der Waals surface area (Å²) < 4.78 is 5.31. The predicted octanol–water partition coefficient (Wildman–Crippen LogP) is 3.44. The normalized spacial score (nSPS) is 12.6. The van der Waals surface area contributed by atoms with Crippen LogP contribution in [0.2, 0.25) is 5.02 Å². The Bertz CT molecular complexity index is 470. The van der Waals surface area contributed by atoms with Crippen LogP contribution in [-0.2, 0) is 13.0 Å². The Morgan fingerprint density at radius 2 is 2.33 bits per heavy atom. The quantitative estimate of drug-likeness (QED) is 0.869. The van der Waals surface area contributed by atoms with Gasteiger partial charge in [0.25, 0.3) is 0 Å². The molecule has 3 nitrogen and oxygen atoms in total. The van der Waals surface area contributed by atoms with Crippen molar-refractivity contribution in [2.75, 3.05) is 0 Å². The molecule has 0 aromatic carbocycles. The predicted molar refractivity (Wildman–Crippen MR) is 72.6 cm³/mol. The summed E-state index contributed by atoms with van der Waals surface area (Å²) in [4.78, 5) is 3.97. The molecule has 0 aliphatic rings. The van der Waals surface area contributed by atoms with Gasteiger partial charge in [-0.1, -0.05) is 11.6 Å². The largest absolute Gasteiger partial charge is 0.469 e. The zero-order valence-electron chi connectivity index (χ0n) is 10.4. The Balaban J connectivity index is 1.75. The second kappa shape index (κ2) is 6.57. The summed E-state index contributed by atoms with van der Waals surface area (Å²) >= 11 is 6.05. The van der Waals surface area contributed by atoms with Crippen molar-refractivity contribution in [3.63, 3.8) is 0 Å². The van der Waals surface area contributed by atoms with Crippen molar-refractivity contribution in [3.05, 3.63) is 53.2 Å². The molecule has 2 heterocycles. The zero-order chi connectivity index (χ0) is 12.8. The number of hydrogen-bond donors (Lipinski definition) is 1.